The fraction of sp³-hybridized carbons (Fsp3) is 0.654. The van der Waals surface area contributed by atoms with E-state index in [9.17, 15) is 19.5 Å². The van der Waals surface area contributed by atoms with E-state index in [4.69, 9.17) is 4.74 Å². The smallest absolute Gasteiger partial charge is 0.408 e. The number of aryl methyl sites for hydroxylation is 1. The molecule has 34 heavy (non-hydrogen) atoms. The second-order valence-electron chi connectivity index (χ2n) is 10.0. The number of aliphatic hydroxyl groups excluding tert-OH is 1. The Kier molecular flexibility index (Phi) is 10.4. The molecule has 1 aliphatic rings. The van der Waals surface area contributed by atoms with Gasteiger partial charge in [0.2, 0.25) is 11.8 Å². The van der Waals surface area contributed by atoms with E-state index >= 15 is 0 Å². The highest BCUT2D eigenvalue weighted by Gasteiger charge is 2.41. The van der Waals surface area contributed by atoms with Crippen LogP contribution in [0.2, 0.25) is 0 Å². The zero-order chi connectivity index (χ0) is 25.3. The second-order valence-corrected chi connectivity index (χ2v) is 10.0. The van der Waals surface area contributed by atoms with Crippen molar-refractivity contribution < 1.29 is 24.2 Å². The van der Waals surface area contributed by atoms with Gasteiger partial charge in [0.05, 0.1) is 6.61 Å². The number of carbonyl (C=O) groups is 3. The summed E-state index contributed by atoms with van der Waals surface area (Å²) >= 11 is 0. The highest BCUT2D eigenvalue weighted by Crippen LogP contribution is 2.33. The molecule has 0 bridgehead atoms. The summed E-state index contributed by atoms with van der Waals surface area (Å²) in [7, 11) is 0. The van der Waals surface area contributed by atoms with Crippen molar-refractivity contribution in [2.45, 2.75) is 96.9 Å². The highest BCUT2D eigenvalue weighted by molar-refractivity contribution is 5.92. The average molecular weight is 476 g/mol. The maximum absolute atomic E-state index is 13.7. The molecular formula is C26H41N3O5. The van der Waals surface area contributed by atoms with Crippen LogP contribution in [0.4, 0.5) is 4.79 Å². The molecule has 190 valence electrons. The Morgan fingerprint density at radius 2 is 1.79 bits per heavy atom. The summed E-state index contributed by atoms with van der Waals surface area (Å²) in [6, 6.07) is 5.34. The van der Waals surface area contributed by atoms with E-state index in [1.165, 1.54) is 0 Å². The summed E-state index contributed by atoms with van der Waals surface area (Å²) in [5.74, 6) is -0.749. The predicted molar refractivity (Wildman–Crippen MR) is 131 cm³/mol. The lowest BCUT2D eigenvalue weighted by atomic mass is 9.88. The third-order valence-corrected chi connectivity index (χ3v) is 5.89. The largest absolute Gasteiger partial charge is 0.444 e. The summed E-state index contributed by atoms with van der Waals surface area (Å²) in [5.41, 5.74) is 1.00. The van der Waals surface area contributed by atoms with Crippen LogP contribution in [0.1, 0.15) is 83.4 Å². The Bertz CT molecular complexity index is 815. The van der Waals surface area contributed by atoms with Gasteiger partial charge in [-0.1, -0.05) is 49.6 Å². The topological polar surface area (TPSA) is 108 Å². The lowest BCUT2D eigenvalue weighted by molar-refractivity contribution is -0.148. The van der Waals surface area contributed by atoms with Crippen molar-refractivity contribution in [1.29, 1.82) is 0 Å². The quantitative estimate of drug-likeness (QED) is 0.424. The van der Waals surface area contributed by atoms with E-state index in [0.29, 0.717) is 12.1 Å². The number of nitrogens with zero attached hydrogens (tertiary/aromatic N) is 1. The Morgan fingerprint density at radius 3 is 2.29 bits per heavy atom. The molecule has 0 heterocycles. The first-order valence-electron chi connectivity index (χ1n) is 12.3. The minimum Gasteiger partial charge on any atom is -0.444 e. The zero-order valence-electron chi connectivity index (χ0n) is 21.2. The zero-order valence-corrected chi connectivity index (χ0v) is 21.2. The van der Waals surface area contributed by atoms with Gasteiger partial charge < -0.3 is 25.4 Å². The van der Waals surface area contributed by atoms with Gasteiger partial charge in [-0.3, -0.25) is 9.59 Å². The maximum Gasteiger partial charge on any atom is 0.408 e. The fourth-order valence-electron chi connectivity index (χ4n) is 3.87. The number of carbonyl (C=O) groups excluding carboxylic acids is 3. The molecule has 1 aromatic carbocycles. The van der Waals surface area contributed by atoms with Crippen molar-refractivity contribution in [3.05, 3.63) is 35.4 Å². The molecule has 1 aromatic rings. The SMILES string of the molecule is CCCCCNC(=O)C(c1ccc(C)cc1)N(C(=O)C(CO)NC(=O)OC(C)(C)C)C1CCC1. The number of hydrogen-bond acceptors (Lipinski definition) is 5. The molecule has 2 unspecified atom stereocenters. The molecule has 1 aliphatic carbocycles. The van der Waals surface area contributed by atoms with Crippen molar-refractivity contribution in [3.8, 4) is 0 Å². The van der Waals surface area contributed by atoms with Gasteiger partial charge in [-0.05, 0) is 58.9 Å². The number of amides is 3. The molecule has 0 aliphatic heterocycles. The summed E-state index contributed by atoms with van der Waals surface area (Å²) in [6.45, 7) is 9.16. The monoisotopic (exact) mass is 475 g/mol. The molecule has 2 rings (SSSR count). The molecule has 1 saturated carbocycles. The number of rotatable bonds is 11. The minimum absolute atomic E-state index is 0.144. The average Bonchev–Trinajstić information content (AvgIpc) is 2.73. The van der Waals surface area contributed by atoms with Crippen LogP contribution >= 0.6 is 0 Å². The van der Waals surface area contributed by atoms with E-state index in [1.807, 2.05) is 31.2 Å². The summed E-state index contributed by atoms with van der Waals surface area (Å²) < 4.78 is 5.27. The molecule has 0 aromatic heterocycles. The number of nitrogens with one attached hydrogen (secondary N) is 2. The number of hydrogen-bond donors (Lipinski definition) is 3. The second kappa shape index (κ2) is 12.7. The summed E-state index contributed by atoms with van der Waals surface area (Å²) in [6.07, 6.45) is 4.61. The molecule has 0 radical (unpaired) electrons. The first kappa shape index (κ1) is 27.6. The standard InChI is InChI=1S/C26H41N3O5/c1-6-7-8-16-27-23(31)22(19-14-12-18(2)13-15-19)29(20-10-9-11-20)24(32)21(17-30)28-25(33)34-26(3,4)5/h12-15,20-22,30H,6-11,16-17H2,1-5H3,(H,27,31)(H,28,33). The molecule has 3 amide bonds. The first-order chi connectivity index (χ1) is 16.1. The first-order valence-corrected chi connectivity index (χ1v) is 12.3. The van der Waals surface area contributed by atoms with Crippen LogP contribution in [-0.2, 0) is 14.3 Å². The van der Waals surface area contributed by atoms with Crippen molar-refractivity contribution in [3.63, 3.8) is 0 Å². The Labute approximate surface area is 203 Å². The van der Waals surface area contributed by atoms with Gasteiger partial charge in [-0.2, -0.15) is 0 Å². The van der Waals surface area contributed by atoms with Crippen molar-refractivity contribution in [2.75, 3.05) is 13.2 Å². The van der Waals surface area contributed by atoms with Crippen molar-refractivity contribution in [1.82, 2.24) is 15.5 Å². The molecule has 3 N–H and O–H groups in total. The summed E-state index contributed by atoms with van der Waals surface area (Å²) in [4.78, 5) is 41.0. The van der Waals surface area contributed by atoms with E-state index in [2.05, 4.69) is 17.6 Å². The molecule has 1 fully saturated rings. The third-order valence-electron chi connectivity index (χ3n) is 5.89. The lowest BCUT2D eigenvalue weighted by Gasteiger charge is -2.43. The van der Waals surface area contributed by atoms with Gasteiger partial charge in [-0.15, -0.1) is 0 Å². The van der Waals surface area contributed by atoms with Gasteiger partial charge in [0, 0.05) is 12.6 Å². The lowest BCUT2D eigenvalue weighted by Crippen LogP contribution is -2.58. The Balaban J connectivity index is 2.34. The van der Waals surface area contributed by atoms with Gasteiger partial charge in [0.1, 0.15) is 17.7 Å². The third kappa shape index (κ3) is 8.01. The van der Waals surface area contributed by atoms with E-state index in [0.717, 1.165) is 44.1 Å². The summed E-state index contributed by atoms with van der Waals surface area (Å²) in [5, 5.41) is 15.5. The highest BCUT2D eigenvalue weighted by atomic mass is 16.6. The van der Waals surface area contributed by atoms with Crippen LogP contribution < -0.4 is 10.6 Å². The van der Waals surface area contributed by atoms with Crippen LogP contribution in [0.3, 0.4) is 0 Å². The van der Waals surface area contributed by atoms with Crippen LogP contribution in [0.25, 0.3) is 0 Å². The molecule has 0 saturated heterocycles. The van der Waals surface area contributed by atoms with Crippen LogP contribution in [-0.4, -0.2) is 58.8 Å². The predicted octanol–water partition coefficient (Wildman–Crippen LogP) is 3.61. The number of alkyl carbamates (subject to hydrolysis) is 1. The van der Waals surface area contributed by atoms with Crippen LogP contribution in [0, 0.1) is 6.92 Å². The van der Waals surface area contributed by atoms with Crippen LogP contribution in [0.15, 0.2) is 24.3 Å². The van der Waals surface area contributed by atoms with Crippen molar-refractivity contribution in [2.24, 2.45) is 0 Å². The molecular weight excluding hydrogens is 434 g/mol. The Morgan fingerprint density at radius 1 is 1.15 bits per heavy atom. The molecule has 8 heteroatoms. The van der Waals surface area contributed by atoms with E-state index in [-0.39, 0.29) is 11.9 Å². The molecule has 8 nitrogen and oxygen atoms in total. The van der Waals surface area contributed by atoms with E-state index < -0.39 is 36.3 Å². The number of unbranched alkanes of at least 4 members (excludes halogenated alkanes) is 2. The number of aliphatic hydroxyl groups is 1. The van der Waals surface area contributed by atoms with Gasteiger partial charge in [-0.25, -0.2) is 4.79 Å². The normalized spacial score (nSPS) is 15.6. The number of benzene rings is 1. The maximum atomic E-state index is 13.7. The molecule has 2 atom stereocenters. The van der Waals surface area contributed by atoms with Crippen molar-refractivity contribution >= 4 is 17.9 Å². The molecule has 0 spiro atoms. The van der Waals surface area contributed by atoms with E-state index in [1.54, 1.807) is 25.7 Å². The van der Waals surface area contributed by atoms with Gasteiger partial charge in [0.25, 0.3) is 0 Å². The fourth-order valence-corrected chi connectivity index (χ4v) is 3.87. The minimum atomic E-state index is -1.21. The number of ether oxygens (including phenoxy) is 1. The van der Waals surface area contributed by atoms with Gasteiger partial charge >= 0.3 is 6.09 Å². The van der Waals surface area contributed by atoms with Gasteiger partial charge in [0.15, 0.2) is 0 Å². The van der Waals surface area contributed by atoms with Crippen LogP contribution in [0.5, 0.6) is 0 Å². The Hall–Kier alpha value is -2.61.